The number of aryl methyl sites for hydroxylation is 2. The molecule has 0 saturated heterocycles. The molecule has 2 aromatic rings. The first-order valence-electron chi connectivity index (χ1n) is 8.96. The maximum atomic E-state index is 12.9. The van der Waals surface area contributed by atoms with Crippen molar-refractivity contribution in [1.82, 2.24) is 14.7 Å². The van der Waals surface area contributed by atoms with Crippen LogP contribution in [0, 0.1) is 5.92 Å². The molecule has 0 radical (unpaired) electrons. The molecule has 1 aliphatic carbocycles. The maximum absolute atomic E-state index is 12.9. The highest BCUT2D eigenvalue weighted by atomic mass is 16.5. The minimum atomic E-state index is 0.221. The Labute approximate surface area is 149 Å². The molecule has 134 valence electrons. The molecule has 3 rings (SSSR count). The summed E-state index contributed by atoms with van der Waals surface area (Å²) in [5.41, 5.74) is 2.25. The van der Waals surface area contributed by atoms with Gasteiger partial charge in [-0.25, -0.2) is 0 Å². The third-order valence-electron chi connectivity index (χ3n) is 5.01. The average Bonchev–Trinajstić information content (AvgIpc) is 3.39. The predicted molar refractivity (Wildman–Crippen MR) is 97.3 cm³/mol. The summed E-state index contributed by atoms with van der Waals surface area (Å²) >= 11 is 0. The quantitative estimate of drug-likeness (QED) is 0.741. The molecule has 5 nitrogen and oxygen atoms in total. The van der Waals surface area contributed by atoms with Gasteiger partial charge in [-0.1, -0.05) is 12.1 Å². The number of carbonyl (C=O) groups excluding carboxylic acids is 1. The summed E-state index contributed by atoms with van der Waals surface area (Å²) in [4.78, 5) is 14.9. The third kappa shape index (κ3) is 4.62. The molecule has 5 heteroatoms. The van der Waals surface area contributed by atoms with Crippen molar-refractivity contribution in [3.05, 3.63) is 47.8 Å². The highest BCUT2D eigenvalue weighted by Gasteiger charge is 2.34. The van der Waals surface area contributed by atoms with E-state index in [2.05, 4.69) is 16.9 Å². The van der Waals surface area contributed by atoms with Crippen LogP contribution < -0.4 is 4.74 Å². The molecule has 1 amide bonds. The van der Waals surface area contributed by atoms with E-state index in [-0.39, 0.29) is 5.91 Å². The summed E-state index contributed by atoms with van der Waals surface area (Å²) in [5.74, 6) is 1.72. The molecule has 1 saturated carbocycles. The second-order valence-corrected chi connectivity index (χ2v) is 6.97. The molecule has 25 heavy (non-hydrogen) atoms. The van der Waals surface area contributed by atoms with E-state index in [9.17, 15) is 4.79 Å². The van der Waals surface area contributed by atoms with E-state index in [4.69, 9.17) is 4.74 Å². The van der Waals surface area contributed by atoms with Gasteiger partial charge in [-0.15, -0.1) is 0 Å². The Kier molecular flexibility index (Phi) is 5.41. The lowest BCUT2D eigenvalue weighted by molar-refractivity contribution is -0.134. The number of ether oxygens (including phenoxy) is 1. The molecule has 0 unspecified atom stereocenters. The average molecular weight is 341 g/mol. The van der Waals surface area contributed by atoms with Gasteiger partial charge in [-0.3, -0.25) is 9.48 Å². The van der Waals surface area contributed by atoms with Crippen molar-refractivity contribution >= 4 is 5.91 Å². The first kappa shape index (κ1) is 17.5. The van der Waals surface area contributed by atoms with Crippen LogP contribution in [0.2, 0.25) is 0 Å². The van der Waals surface area contributed by atoms with Gasteiger partial charge in [0.05, 0.1) is 13.3 Å². The van der Waals surface area contributed by atoms with E-state index >= 15 is 0 Å². The van der Waals surface area contributed by atoms with Gasteiger partial charge >= 0.3 is 0 Å². The van der Waals surface area contributed by atoms with Crippen LogP contribution >= 0.6 is 0 Å². The van der Waals surface area contributed by atoms with E-state index in [1.54, 1.807) is 11.8 Å². The third-order valence-corrected chi connectivity index (χ3v) is 5.01. The summed E-state index contributed by atoms with van der Waals surface area (Å²) in [6, 6.07) is 8.29. The summed E-state index contributed by atoms with van der Waals surface area (Å²) in [7, 11) is 3.56. The molecule has 1 aromatic heterocycles. The molecule has 1 aromatic carbocycles. The van der Waals surface area contributed by atoms with Crippen molar-refractivity contribution < 1.29 is 9.53 Å². The Morgan fingerprint density at radius 3 is 2.60 bits per heavy atom. The van der Waals surface area contributed by atoms with Crippen LogP contribution in [0.1, 0.15) is 37.3 Å². The predicted octanol–water partition coefficient (Wildman–Crippen LogP) is 3.19. The van der Waals surface area contributed by atoms with Crippen molar-refractivity contribution in [2.45, 2.75) is 45.2 Å². The van der Waals surface area contributed by atoms with E-state index in [1.165, 1.54) is 12.8 Å². The SMILES string of the molecule is COc1ccc(CN(C(=O)CCc2cnn(C)c2)[C@H](C)C2CC2)cc1. The Hall–Kier alpha value is -2.30. The molecule has 0 bridgehead atoms. The first-order chi connectivity index (χ1) is 12.1. The molecule has 1 fully saturated rings. The number of rotatable bonds is 8. The number of hydrogen-bond donors (Lipinski definition) is 0. The minimum Gasteiger partial charge on any atom is -0.497 e. The van der Waals surface area contributed by atoms with Gasteiger partial charge in [-0.05, 0) is 55.4 Å². The zero-order valence-electron chi connectivity index (χ0n) is 15.3. The van der Waals surface area contributed by atoms with Gasteiger partial charge < -0.3 is 9.64 Å². The molecule has 1 atom stereocenters. The van der Waals surface area contributed by atoms with Gasteiger partial charge in [0, 0.05) is 32.3 Å². The summed E-state index contributed by atoms with van der Waals surface area (Å²) in [5, 5.41) is 4.18. The molecule has 1 aliphatic rings. The van der Waals surface area contributed by atoms with Crippen LogP contribution in [0.25, 0.3) is 0 Å². The lowest BCUT2D eigenvalue weighted by atomic mass is 10.1. The van der Waals surface area contributed by atoms with Crippen LogP contribution in [0.3, 0.4) is 0 Å². The largest absolute Gasteiger partial charge is 0.497 e. The lowest BCUT2D eigenvalue weighted by Gasteiger charge is -2.30. The van der Waals surface area contributed by atoms with Gasteiger partial charge in [0.1, 0.15) is 5.75 Å². The Morgan fingerprint density at radius 1 is 1.32 bits per heavy atom. The van der Waals surface area contributed by atoms with Gasteiger partial charge in [0.25, 0.3) is 0 Å². The minimum absolute atomic E-state index is 0.221. The number of methoxy groups -OCH3 is 1. The van der Waals surface area contributed by atoms with E-state index in [0.29, 0.717) is 24.9 Å². The van der Waals surface area contributed by atoms with E-state index in [0.717, 1.165) is 23.3 Å². The number of amides is 1. The fraction of sp³-hybridized carbons (Fsp3) is 0.500. The van der Waals surface area contributed by atoms with E-state index in [1.807, 2.05) is 43.7 Å². The van der Waals surface area contributed by atoms with Crippen molar-refractivity contribution in [3.63, 3.8) is 0 Å². The van der Waals surface area contributed by atoms with Crippen molar-refractivity contribution in [2.75, 3.05) is 7.11 Å². The highest BCUT2D eigenvalue weighted by Crippen LogP contribution is 2.36. The summed E-state index contributed by atoms with van der Waals surface area (Å²) < 4.78 is 7.00. The highest BCUT2D eigenvalue weighted by molar-refractivity contribution is 5.77. The van der Waals surface area contributed by atoms with Crippen molar-refractivity contribution in [2.24, 2.45) is 13.0 Å². The lowest BCUT2D eigenvalue weighted by Crippen LogP contribution is -2.39. The van der Waals surface area contributed by atoms with Crippen LogP contribution in [0.5, 0.6) is 5.75 Å². The molecular formula is C20H27N3O2. The standard InChI is InChI=1S/C20H27N3O2/c1-15(18-7-8-18)23(14-16-4-9-19(25-3)10-5-16)20(24)11-6-17-12-21-22(2)13-17/h4-5,9-10,12-13,15,18H,6-8,11,14H2,1-3H3/t15-/m1/s1. The monoisotopic (exact) mass is 341 g/mol. The molecule has 0 N–H and O–H groups in total. The Morgan fingerprint density at radius 2 is 2.04 bits per heavy atom. The fourth-order valence-corrected chi connectivity index (χ4v) is 3.22. The van der Waals surface area contributed by atoms with Crippen molar-refractivity contribution in [3.8, 4) is 5.75 Å². The van der Waals surface area contributed by atoms with Gasteiger partial charge in [0.15, 0.2) is 0 Å². The number of benzene rings is 1. The smallest absolute Gasteiger partial charge is 0.223 e. The molecule has 0 spiro atoms. The zero-order chi connectivity index (χ0) is 17.8. The molecule has 0 aliphatic heterocycles. The first-order valence-corrected chi connectivity index (χ1v) is 8.96. The van der Waals surface area contributed by atoms with Crippen LogP contribution in [-0.4, -0.2) is 33.7 Å². The Bertz CT molecular complexity index is 704. The molecular weight excluding hydrogens is 314 g/mol. The number of carbonyl (C=O) groups is 1. The van der Waals surface area contributed by atoms with Crippen LogP contribution in [0.4, 0.5) is 0 Å². The second kappa shape index (κ2) is 7.72. The van der Waals surface area contributed by atoms with Crippen LogP contribution in [-0.2, 0) is 24.8 Å². The van der Waals surface area contributed by atoms with E-state index < -0.39 is 0 Å². The summed E-state index contributed by atoms with van der Waals surface area (Å²) in [6.45, 7) is 2.84. The van der Waals surface area contributed by atoms with Gasteiger partial charge in [0.2, 0.25) is 5.91 Å². The normalized spacial score (nSPS) is 15.0. The number of aromatic nitrogens is 2. The Balaban J connectivity index is 1.66. The zero-order valence-corrected chi connectivity index (χ0v) is 15.3. The maximum Gasteiger partial charge on any atom is 0.223 e. The second-order valence-electron chi connectivity index (χ2n) is 6.97. The summed E-state index contributed by atoms with van der Waals surface area (Å²) in [6.07, 6.45) is 7.55. The molecule has 1 heterocycles. The number of nitrogens with zero attached hydrogens (tertiary/aromatic N) is 3. The van der Waals surface area contributed by atoms with Gasteiger partial charge in [-0.2, -0.15) is 5.10 Å². The fourth-order valence-electron chi connectivity index (χ4n) is 3.22. The topological polar surface area (TPSA) is 47.4 Å². The van der Waals surface area contributed by atoms with Crippen molar-refractivity contribution in [1.29, 1.82) is 0 Å². The number of hydrogen-bond acceptors (Lipinski definition) is 3. The van der Waals surface area contributed by atoms with Crippen LogP contribution in [0.15, 0.2) is 36.7 Å².